The van der Waals surface area contributed by atoms with Crippen molar-refractivity contribution in [2.24, 2.45) is 5.92 Å². The number of aliphatic carboxylic acids is 1. The second-order valence-electron chi connectivity index (χ2n) is 6.68. The molecule has 1 aliphatic carbocycles. The van der Waals surface area contributed by atoms with Gasteiger partial charge in [-0.2, -0.15) is 5.10 Å². The molecule has 0 spiro atoms. The van der Waals surface area contributed by atoms with Crippen LogP contribution >= 0.6 is 11.3 Å². The summed E-state index contributed by atoms with van der Waals surface area (Å²) in [6, 6.07) is -0.714. The lowest BCUT2D eigenvalue weighted by Crippen LogP contribution is -2.46. The van der Waals surface area contributed by atoms with Gasteiger partial charge in [-0.05, 0) is 32.1 Å². The Morgan fingerprint density at radius 1 is 1.36 bits per heavy atom. The van der Waals surface area contributed by atoms with Crippen molar-refractivity contribution in [2.45, 2.75) is 51.1 Å². The zero-order valence-corrected chi connectivity index (χ0v) is 14.6. The van der Waals surface area contributed by atoms with E-state index in [4.69, 9.17) is 0 Å². The SMILES string of the molecule is Cc1nc(-c2ncn[nH]2)sc1C(=O)N1C(C(=O)O)CC2CCCCC21. The van der Waals surface area contributed by atoms with E-state index in [0.717, 1.165) is 25.7 Å². The van der Waals surface area contributed by atoms with Gasteiger partial charge in [0.2, 0.25) is 0 Å². The van der Waals surface area contributed by atoms with Crippen molar-refractivity contribution in [3.63, 3.8) is 0 Å². The zero-order chi connectivity index (χ0) is 17.6. The molecule has 3 heterocycles. The van der Waals surface area contributed by atoms with Crippen molar-refractivity contribution < 1.29 is 14.7 Å². The van der Waals surface area contributed by atoms with Gasteiger partial charge in [0.15, 0.2) is 10.8 Å². The Morgan fingerprint density at radius 2 is 2.16 bits per heavy atom. The Balaban J connectivity index is 1.68. The Bertz CT molecular complexity index is 803. The quantitative estimate of drug-likeness (QED) is 0.866. The van der Waals surface area contributed by atoms with Gasteiger partial charge in [0, 0.05) is 6.04 Å². The van der Waals surface area contributed by atoms with Gasteiger partial charge in [-0.25, -0.2) is 14.8 Å². The number of fused-ring (bicyclic) bond motifs is 1. The van der Waals surface area contributed by atoms with Crippen molar-refractivity contribution in [2.75, 3.05) is 0 Å². The van der Waals surface area contributed by atoms with E-state index in [-0.39, 0.29) is 11.9 Å². The van der Waals surface area contributed by atoms with Crippen molar-refractivity contribution in [3.8, 4) is 10.8 Å². The number of hydrogen-bond donors (Lipinski definition) is 2. The monoisotopic (exact) mass is 361 g/mol. The van der Waals surface area contributed by atoms with E-state index in [1.165, 1.54) is 17.7 Å². The van der Waals surface area contributed by atoms with Gasteiger partial charge in [-0.15, -0.1) is 11.3 Å². The van der Waals surface area contributed by atoms with Crippen molar-refractivity contribution in [1.29, 1.82) is 0 Å². The van der Waals surface area contributed by atoms with Crippen LogP contribution < -0.4 is 0 Å². The average Bonchev–Trinajstić information content (AvgIpc) is 3.31. The molecule has 2 aliphatic rings. The third kappa shape index (κ3) is 2.72. The van der Waals surface area contributed by atoms with Crippen LogP contribution in [-0.2, 0) is 4.79 Å². The molecule has 0 radical (unpaired) electrons. The van der Waals surface area contributed by atoms with Gasteiger partial charge in [-0.1, -0.05) is 12.8 Å². The number of aryl methyl sites for hydroxylation is 1. The molecule has 0 bridgehead atoms. The second kappa shape index (κ2) is 6.21. The highest BCUT2D eigenvalue weighted by molar-refractivity contribution is 7.17. The normalized spacial score (nSPS) is 25.8. The van der Waals surface area contributed by atoms with Crippen LogP contribution in [0.2, 0.25) is 0 Å². The number of carbonyl (C=O) groups excluding carboxylic acids is 1. The number of likely N-dealkylation sites (tertiary alicyclic amines) is 1. The van der Waals surface area contributed by atoms with E-state index in [1.54, 1.807) is 11.8 Å². The Kier molecular flexibility index (Phi) is 4.03. The van der Waals surface area contributed by atoms with Gasteiger partial charge in [-0.3, -0.25) is 9.89 Å². The summed E-state index contributed by atoms with van der Waals surface area (Å²) in [6.45, 7) is 1.77. The number of hydrogen-bond acceptors (Lipinski definition) is 6. The van der Waals surface area contributed by atoms with E-state index in [1.807, 2.05) is 0 Å². The summed E-state index contributed by atoms with van der Waals surface area (Å²) in [7, 11) is 0. The fourth-order valence-electron chi connectivity index (χ4n) is 4.09. The number of carboxylic acid groups (broad SMARTS) is 1. The number of H-pyrrole nitrogens is 1. The number of rotatable bonds is 3. The largest absolute Gasteiger partial charge is 0.480 e. The van der Waals surface area contributed by atoms with E-state index < -0.39 is 12.0 Å². The molecule has 2 aromatic rings. The number of aromatic nitrogens is 4. The lowest BCUT2D eigenvalue weighted by atomic mass is 9.85. The van der Waals surface area contributed by atoms with E-state index in [9.17, 15) is 14.7 Å². The van der Waals surface area contributed by atoms with Crippen molar-refractivity contribution in [3.05, 3.63) is 16.9 Å². The van der Waals surface area contributed by atoms with Crippen molar-refractivity contribution >= 4 is 23.2 Å². The number of nitrogens with one attached hydrogen (secondary N) is 1. The minimum Gasteiger partial charge on any atom is -0.480 e. The number of amides is 1. The molecular formula is C16H19N5O3S. The highest BCUT2D eigenvalue weighted by Gasteiger charge is 2.48. The molecule has 4 rings (SSSR count). The molecule has 0 aromatic carbocycles. The van der Waals surface area contributed by atoms with Gasteiger partial charge in [0.25, 0.3) is 5.91 Å². The summed E-state index contributed by atoms with van der Waals surface area (Å²) in [5, 5.41) is 16.8. The van der Waals surface area contributed by atoms with Crippen molar-refractivity contribution in [1.82, 2.24) is 25.1 Å². The van der Waals surface area contributed by atoms with E-state index >= 15 is 0 Å². The standard InChI is InChI=1S/C16H19N5O3S/c1-8-12(25-14(19-8)13-17-7-18-20-13)15(22)21-10-5-3-2-4-9(10)6-11(21)16(23)24/h7,9-11H,2-6H2,1H3,(H,23,24)(H,17,18,20). The molecule has 2 N–H and O–H groups in total. The van der Waals surface area contributed by atoms with Gasteiger partial charge in [0.1, 0.15) is 17.2 Å². The number of nitrogens with zero attached hydrogens (tertiary/aromatic N) is 4. The highest BCUT2D eigenvalue weighted by Crippen LogP contribution is 2.41. The second-order valence-corrected chi connectivity index (χ2v) is 7.68. The molecule has 9 heteroatoms. The highest BCUT2D eigenvalue weighted by atomic mass is 32.1. The van der Waals surface area contributed by atoms with Crippen LogP contribution in [0.25, 0.3) is 10.8 Å². The van der Waals surface area contributed by atoms with Crippen LogP contribution in [0, 0.1) is 12.8 Å². The Labute approximate surface area is 148 Å². The first-order valence-electron chi connectivity index (χ1n) is 8.45. The van der Waals surface area contributed by atoms with Crippen LogP contribution in [0.5, 0.6) is 0 Å². The number of carboxylic acids is 1. The molecule has 3 atom stereocenters. The first kappa shape index (κ1) is 16.2. The summed E-state index contributed by atoms with van der Waals surface area (Å²) in [5.74, 6) is -0.331. The van der Waals surface area contributed by atoms with Crippen LogP contribution in [0.4, 0.5) is 0 Å². The molecule has 2 fully saturated rings. The number of carbonyl (C=O) groups is 2. The van der Waals surface area contributed by atoms with Crippen LogP contribution in [0.3, 0.4) is 0 Å². The fraction of sp³-hybridized carbons (Fsp3) is 0.562. The topological polar surface area (TPSA) is 112 Å². The third-order valence-corrected chi connectivity index (χ3v) is 6.37. The van der Waals surface area contributed by atoms with Gasteiger partial charge in [0.05, 0.1) is 5.69 Å². The molecule has 1 amide bonds. The molecule has 1 saturated carbocycles. The summed E-state index contributed by atoms with van der Waals surface area (Å²) in [4.78, 5) is 35.5. The number of thiazole rings is 1. The molecule has 1 aliphatic heterocycles. The molecule has 8 nitrogen and oxygen atoms in total. The fourth-order valence-corrected chi connectivity index (χ4v) is 5.05. The van der Waals surface area contributed by atoms with Crippen LogP contribution in [-0.4, -0.2) is 54.1 Å². The minimum absolute atomic E-state index is 0.0255. The van der Waals surface area contributed by atoms with Gasteiger partial charge >= 0.3 is 5.97 Å². The number of aromatic amines is 1. The molecule has 25 heavy (non-hydrogen) atoms. The Morgan fingerprint density at radius 3 is 2.88 bits per heavy atom. The predicted molar refractivity (Wildman–Crippen MR) is 90.2 cm³/mol. The average molecular weight is 361 g/mol. The van der Waals surface area contributed by atoms with Crippen LogP contribution in [0.1, 0.15) is 47.5 Å². The molecule has 2 aromatic heterocycles. The Hall–Kier alpha value is -2.29. The lowest BCUT2D eigenvalue weighted by Gasteiger charge is -2.32. The van der Waals surface area contributed by atoms with Gasteiger partial charge < -0.3 is 10.0 Å². The summed E-state index contributed by atoms with van der Waals surface area (Å²) in [5.41, 5.74) is 0.602. The molecule has 3 unspecified atom stereocenters. The zero-order valence-electron chi connectivity index (χ0n) is 13.8. The summed E-state index contributed by atoms with van der Waals surface area (Å²) in [6.07, 6.45) is 5.99. The molecule has 132 valence electrons. The first-order chi connectivity index (χ1) is 12.1. The maximum atomic E-state index is 13.2. The minimum atomic E-state index is -0.916. The molecule has 1 saturated heterocycles. The van der Waals surface area contributed by atoms with E-state index in [2.05, 4.69) is 20.2 Å². The maximum Gasteiger partial charge on any atom is 0.326 e. The lowest BCUT2D eigenvalue weighted by molar-refractivity contribution is -0.141. The molecular weight excluding hydrogens is 342 g/mol. The third-order valence-electron chi connectivity index (χ3n) is 5.22. The van der Waals surface area contributed by atoms with E-state index in [0.29, 0.717) is 33.7 Å². The summed E-state index contributed by atoms with van der Waals surface area (Å²) < 4.78 is 0. The predicted octanol–water partition coefficient (Wildman–Crippen LogP) is 2.09. The smallest absolute Gasteiger partial charge is 0.326 e. The van der Waals surface area contributed by atoms with Crippen LogP contribution in [0.15, 0.2) is 6.33 Å². The summed E-state index contributed by atoms with van der Waals surface area (Å²) >= 11 is 1.24. The first-order valence-corrected chi connectivity index (χ1v) is 9.26. The maximum absolute atomic E-state index is 13.2.